The lowest BCUT2D eigenvalue weighted by Crippen LogP contribution is -2.30. The van der Waals surface area contributed by atoms with Gasteiger partial charge in [0, 0.05) is 17.9 Å². The van der Waals surface area contributed by atoms with Crippen LogP contribution in [0.4, 0.5) is 0 Å². The Kier molecular flexibility index (Phi) is 16.9. The van der Waals surface area contributed by atoms with E-state index in [0.717, 1.165) is 49.7 Å². The van der Waals surface area contributed by atoms with Crippen molar-refractivity contribution in [2.45, 2.75) is 153 Å². The van der Waals surface area contributed by atoms with Crippen molar-refractivity contribution in [2.75, 3.05) is 0 Å². The molecule has 3 atom stereocenters. The highest BCUT2D eigenvalue weighted by atomic mass is 16.1. The first-order chi connectivity index (χ1) is 17.8. The van der Waals surface area contributed by atoms with Crippen molar-refractivity contribution in [1.29, 1.82) is 0 Å². The van der Waals surface area contributed by atoms with Crippen molar-refractivity contribution < 1.29 is 14.4 Å². The minimum absolute atomic E-state index is 0.0117. The van der Waals surface area contributed by atoms with E-state index in [4.69, 9.17) is 0 Å². The fraction of sp³-hybridized carbons (Fsp3) is 0.743. The van der Waals surface area contributed by atoms with Crippen LogP contribution in [0.25, 0.3) is 0 Å². The second-order valence-corrected chi connectivity index (χ2v) is 12.4. The monoisotopic (exact) mass is 528 g/mol. The molecule has 1 aliphatic rings. The van der Waals surface area contributed by atoms with Gasteiger partial charge in [0.2, 0.25) is 0 Å². The molecule has 0 N–H and O–H groups in total. The molecule has 0 heterocycles. The van der Waals surface area contributed by atoms with Crippen LogP contribution in [-0.4, -0.2) is 17.3 Å². The van der Waals surface area contributed by atoms with Crippen molar-refractivity contribution >= 4 is 17.3 Å². The molecule has 0 aliphatic heterocycles. The van der Waals surface area contributed by atoms with E-state index >= 15 is 0 Å². The average Bonchev–Trinajstić information content (AvgIpc) is 2.79. The van der Waals surface area contributed by atoms with Crippen LogP contribution in [-0.2, 0) is 27.8 Å². The predicted molar refractivity (Wildman–Crippen MR) is 164 cm³/mol. The number of hydrogen-bond acceptors (Lipinski definition) is 3. The Hall–Kier alpha value is -1.77. The van der Waals surface area contributed by atoms with Crippen molar-refractivity contribution in [3.05, 3.63) is 33.9 Å². The number of Topliss-reactive ketones (excluding diaryl/α,β-unsaturated/α-hetero) is 3. The van der Waals surface area contributed by atoms with E-state index in [1.54, 1.807) is 0 Å². The van der Waals surface area contributed by atoms with Gasteiger partial charge in [0.15, 0.2) is 5.78 Å². The maximum Gasteiger partial charge on any atom is 0.163 e. The van der Waals surface area contributed by atoms with Gasteiger partial charge in [0.25, 0.3) is 0 Å². The predicted octanol–water partition coefficient (Wildman–Crippen LogP) is 9.81. The third-order valence-corrected chi connectivity index (χ3v) is 7.36. The second kappa shape index (κ2) is 17.7. The topological polar surface area (TPSA) is 51.2 Å². The Bertz CT molecular complexity index is 885. The number of benzene rings is 1. The molecule has 3 nitrogen and oxygen atoms in total. The first-order valence-corrected chi connectivity index (χ1v) is 15.5. The standard InChI is InChI=1S/C29H44O3.2C3H8/c1-9-12-22(23(11-3)26(31)13-18(4)30)14-20-15-24-21(10-2)17-25(29(6,7)8)19(5)28(24)27(32)16-20;2*1-3-2/h17,20,22-23H,9-16H2,1-8H3;2*3H2,1-2H3. The van der Waals surface area contributed by atoms with Crippen molar-refractivity contribution in [3.63, 3.8) is 0 Å². The molecule has 0 amide bonds. The smallest absolute Gasteiger partial charge is 0.163 e. The first kappa shape index (κ1) is 36.2. The molecular weight excluding hydrogens is 468 g/mol. The number of carbonyl (C=O) groups excluding carboxylic acids is 3. The van der Waals surface area contributed by atoms with Crippen LogP contribution in [0, 0.1) is 24.7 Å². The van der Waals surface area contributed by atoms with Crippen LogP contribution in [0.2, 0.25) is 0 Å². The third kappa shape index (κ3) is 10.8. The zero-order valence-electron chi connectivity index (χ0n) is 27.1. The lowest BCUT2D eigenvalue weighted by molar-refractivity contribution is -0.129. The van der Waals surface area contributed by atoms with Gasteiger partial charge in [-0.1, -0.05) is 101 Å². The van der Waals surface area contributed by atoms with Crippen LogP contribution in [0.3, 0.4) is 0 Å². The van der Waals surface area contributed by atoms with Crippen molar-refractivity contribution in [2.24, 2.45) is 17.8 Å². The van der Waals surface area contributed by atoms with Gasteiger partial charge in [-0.05, 0) is 79.0 Å². The number of ketones is 3. The average molecular weight is 529 g/mol. The number of carbonyl (C=O) groups is 3. The van der Waals surface area contributed by atoms with Crippen LogP contribution in [0.15, 0.2) is 6.07 Å². The molecule has 1 aromatic carbocycles. The summed E-state index contributed by atoms with van der Waals surface area (Å²) in [6.07, 6.45) is 8.61. The summed E-state index contributed by atoms with van der Waals surface area (Å²) < 4.78 is 0. The van der Waals surface area contributed by atoms with E-state index in [9.17, 15) is 14.4 Å². The molecular formula is C35H60O3. The van der Waals surface area contributed by atoms with Crippen LogP contribution in [0.1, 0.15) is 160 Å². The summed E-state index contributed by atoms with van der Waals surface area (Å²) in [7, 11) is 0. The van der Waals surface area contributed by atoms with Crippen molar-refractivity contribution in [3.8, 4) is 0 Å². The highest BCUT2D eigenvalue weighted by molar-refractivity contribution is 6.01. The van der Waals surface area contributed by atoms with Crippen LogP contribution < -0.4 is 0 Å². The van der Waals surface area contributed by atoms with E-state index in [1.165, 1.54) is 36.5 Å². The molecule has 0 fully saturated rings. The Morgan fingerprint density at radius 1 is 0.974 bits per heavy atom. The molecule has 0 spiro atoms. The molecule has 0 radical (unpaired) electrons. The SMILES string of the molecule is CCC.CCC.CCCC(CC1CC(=O)c2c(C)c(C(C)(C)C)cc(CC)c2C1)C(CC)C(=O)CC(C)=O. The highest BCUT2D eigenvalue weighted by Crippen LogP contribution is 2.40. The maximum absolute atomic E-state index is 13.4. The molecule has 0 saturated heterocycles. The summed E-state index contributed by atoms with van der Waals surface area (Å²) in [6.45, 7) is 25.2. The summed E-state index contributed by atoms with van der Waals surface area (Å²) in [5.41, 5.74) is 5.97. The lowest BCUT2D eigenvalue weighted by Gasteiger charge is -2.34. The minimum atomic E-state index is -0.0778. The van der Waals surface area contributed by atoms with Gasteiger partial charge in [-0.2, -0.15) is 0 Å². The fourth-order valence-electron chi connectivity index (χ4n) is 5.97. The number of hydrogen-bond donors (Lipinski definition) is 0. The Morgan fingerprint density at radius 2 is 1.53 bits per heavy atom. The summed E-state index contributed by atoms with van der Waals surface area (Å²) in [4.78, 5) is 37.8. The largest absolute Gasteiger partial charge is 0.300 e. The number of rotatable bonds is 10. The Labute approximate surface area is 236 Å². The molecule has 1 aromatic rings. The van der Waals surface area contributed by atoms with E-state index in [2.05, 4.69) is 82.2 Å². The first-order valence-electron chi connectivity index (χ1n) is 15.5. The Morgan fingerprint density at radius 3 is 1.95 bits per heavy atom. The zero-order valence-corrected chi connectivity index (χ0v) is 27.1. The third-order valence-electron chi connectivity index (χ3n) is 7.36. The summed E-state index contributed by atoms with van der Waals surface area (Å²) >= 11 is 0. The molecule has 3 unspecified atom stereocenters. The van der Waals surface area contributed by atoms with E-state index in [1.807, 2.05) is 0 Å². The molecule has 218 valence electrons. The minimum Gasteiger partial charge on any atom is -0.300 e. The van der Waals surface area contributed by atoms with E-state index in [0.29, 0.717) is 6.42 Å². The van der Waals surface area contributed by atoms with Crippen LogP contribution >= 0.6 is 0 Å². The normalized spacial score (nSPS) is 16.3. The maximum atomic E-state index is 13.4. The molecule has 2 rings (SSSR count). The van der Waals surface area contributed by atoms with Gasteiger partial charge in [-0.25, -0.2) is 0 Å². The quantitative estimate of drug-likeness (QED) is 0.284. The second-order valence-electron chi connectivity index (χ2n) is 12.4. The van der Waals surface area contributed by atoms with Gasteiger partial charge in [0.05, 0.1) is 6.42 Å². The van der Waals surface area contributed by atoms with Crippen LogP contribution in [0.5, 0.6) is 0 Å². The van der Waals surface area contributed by atoms with Gasteiger partial charge in [-0.15, -0.1) is 0 Å². The van der Waals surface area contributed by atoms with Gasteiger partial charge in [0.1, 0.15) is 11.6 Å². The summed E-state index contributed by atoms with van der Waals surface area (Å²) in [5.74, 6) is 0.745. The molecule has 38 heavy (non-hydrogen) atoms. The van der Waals surface area contributed by atoms with E-state index < -0.39 is 0 Å². The van der Waals surface area contributed by atoms with E-state index in [-0.39, 0.29) is 46.9 Å². The molecule has 0 saturated carbocycles. The highest BCUT2D eigenvalue weighted by Gasteiger charge is 2.35. The fourth-order valence-corrected chi connectivity index (χ4v) is 5.97. The molecule has 0 aromatic heterocycles. The number of aryl methyl sites for hydroxylation is 1. The summed E-state index contributed by atoms with van der Waals surface area (Å²) in [5, 5.41) is 0. The zero-order chi connectivity index (χ0) is 29.6. The Balaban J connectivity index is 0.00000208. The van der Waals surface area contributed by atoms with Gasteiger partial charge >= 0.3 is 0 Å². The summed E-state index contributed by atoms with van der Waals surface area (Å²) in [6, 6.07) is 2.33. The number of fused-ring (bicyclic) bond motifs is 1. The van der Waals surface area contributed by atoms with Gasteiger partial charge < -0.3 is 0 Å². The van der Waals surface area contributed by atoms with Gasteiger partial charge in [-0.3, -0.25) is 14.4 Å². The molecule has 0 bridgehead atoms. The lowest BCUT2D eigenvalue weighted by atomic mass is 9.69. The van der Waals surface area contributed by atoms with Crippen molar-refractivity contribution in [1.82, 2.24) is 0 Å². The molecule has 3 heteroatoms. The molecule has 1 aliphatic carbocycles.